The van der Waals surface area contributed by atoms with Crippen LogP contribution >= 0.6 is 0 Å². The molecule has 0 aromatic heterocycles. The van der Waals surface area contributed by atoms with Crippen molar-refractivity contribution >= 4 is 14.0 Å². The smallest absolute Gasteiger partial charge is 0.329 e. The quantitative estimate of drug-likeness (QED) is 0.520. The molecule has 1 unspecified atom stereocenters. The molecule has 4 nitrogen and oxygen atoms in total. The molecule has 1 N–H and O–H groups in total. The van der Waals surface area contributed by atoms with Gasteiger partial charge in [-0.25, -0.2) is 4.79 Å². The minimum Gasteiger partial charge on any atom is -0.480 e. The average Bonchev–Trinajstić information content (AvgIpc) is 2.01. The summed E-state index contributed by atoms with van der Waals surface area (Å²) in [6, 6.07) is 0. The van der Waals surface area contributed by atoms with Crippen molar-refractivity contribution in [2.45, 2.75) is 32.3 Å². The van der Waals surface area contributed by atoms with Gasteiger partial charge in [0.1, 0.15) is 5.73 Å². The van der Waals surface area contributed by atoms with E-state index in [0.717, 1.165) is 0 Å². The lowest BCUT2D eigenvalue weighted by atomic mass is 10.7. The Kier molecular flexibility index (Phi) is 5.99. The molecule has 0 heterocycles. The van der Waals surface area contributed by atoms with Crippen molar-refractivity contribution in [3.05, 3.63) is 0 Å². The van der Waals surface area contributed by atoms with Gasteiger partial charge in [-0.2, -0.15) is 0 Å². The van der Waals surface area contributed by atoms with Crippen molar-refractivity contribution < 1.29 is 19.4 Å². The van der Waals surface area contributed by atoms with Gasteiger partial charge in [0.2, 0.25) is 0 Å². The number of hydrogen-bond acceptors (Lipinski definition) is 3. The molecule has 0 aliphatic rings. The zero-order valence-electron chi connectivity index (χ0n) is 9.37. The molecule has 0 radical (unpaired) electrons. The van der Waals surface area contributed by atoms with E-state index in [1.165, 1.54) is 0 Å². The molecule has 0 bridgehead atoms. The van der Waals surface area contributed by atoms with E-state index in [4.69, 9.17) is 14.6 Å². The highest BCUT2D eigenvalue weighted by Gasteiger charge is 2.33. The fraction of sp³-hybridized carbons (Fsp3) is 0.889. The van der Waals surface area contributed by atoms with E-state index in [2.05, 4.69) is 0 Å². The molecule has 0 saturated heterocycles. The average molecular weight is 220 g/mol. The predicted molar refractivity (Wildman–Crippen MR) is 57.2 cm³/mol. The van der Waals surface area contributed by atoms with Gasteiger partial charge in [0.05, 0.1) is 21.3 Å². The SMILES string of the molecule is CCOCCOC(C(=O)O)[Si](C)(C)C. The predicted octanol–water partition coefficient (Wildman–Crippen LogP) is 1.37. The van der Waals surface area contributed by atoms with E-state index < -0.39 is 19.8 Å². The van der Waals surface area contributed by atoms with Gasteiger partial charge in [-0.05, 0) is 6.92 Å². The summed E-state index contributed by atoms with van der Waals surface area (Å²) in [5, 5.41) is 8.93. The van der Waals surface area contributed by atoms with Gasteiger partial charge in [-0.3, -0.25) is 0 Å². The molecule has 14 heavy (non-hydrogen) atoms. The zero-order chi connectivity index (χ0) is 11.2. The lowest BCUT2D eigenvalue weighted by molar-refractivity contribution is -0.146. The fourth-order valence-corrected chi connectivity index (χ4v) is 2.42. The lowest BCUT2D eigenvalue weighted by Gasteiger charge is -2.24. The summed E-state index contributed by atoms with van der Waals surface area (Å²) in [6.45, 7) is 9.28. The summed E-state index contributed by atoms with van der Waals surface area (Å²) < 4.78 is 10.4. The Morgan fingerprint density at radius 2 is 1.93 bits per heavy atom. The van der Waals surface area contributed by atoms with Gasteiger partial charge in [0, 0.05) is 6.61 Å². The van der Waals surface area contributed by atoms with Crippen LogP contribution in [-0.2, 0) is 14.3 Å². The summed E-state index contributed by atoms with van der Waals surface area (Å²) in [7, 11) is -1.79. The number of ether oxygens (including phenoxy) is 2. The van der Waals surface area contributed by atoms with Gasteiger partial charge < -0.3 is 14.6 Å². The maximum Gasteiger partial charge on any atom is 0.329 e. The van der Waals surface area contributed by atoms with Crippen LogP contribution in [0.25, 0.3) is 0 Å². The van der Waals surface area contributed by atoms with Crippen LogP contribution in [-0.4, -0.2) is 44.7 Å². The van der Waals surface area contributed by atoms with Crippen LogP contribution in [0.15, 0.2) is 0 Å². The number of carboxylic acid groups (broad SMARTS) is 1. The second kappa shape index (κ2) is 6.16. The lowest BCUT2D eigenvalue weighted by Crippen LogP contribution is -2.46. The minimum atomic E-state index is -1.79. The van der Waals surface area contributed by atoms with Crippen molar-refractivity contribution in [2.24, 2.45) is 0 Å². The third-order valence-electron chi connectivity index (χ3n) is 1.73. The van der Waals surface area contributed by atoms with E-state index in [1.54, 1.807) is 0 Å². The van der Waals surface area contributed by atoms with Crippen LogP contribution in [0, 0.1) is 0 Å². The molecule has 0 fully saturated rings. The van der Waals surface area contributed by atoms with Crippen LogP contribution in [0.1, 0.15) is 6.92 Å². The largest absolute Gasteiger partial charge is 0.480 e. The highest BCUT2D eigenvalue weighted by molar-refractivity contribution is 6.80. The van der Waals surface area contributed by atoms with Crippen LogP contribution in [0.3, 0.4) is 0 Å². The molecular formula is C9H20O4Si. The van der Waals surface area contributed by atoms with Gasteiger partial charge in [0.15, 0.2) is 0 Å². The molecule has 5 heteroatoms. The maximum absolute atomic E-state index is 10.9. The Balaban J connectivity index is 3.94. The van der Waals surface area contributed by atoms with Crippen molar-refractivity contribution in [3.8, 4) is 0 Å². The number of rotatable bonds is 7. The van der Waals surface area contributed by atoms with Crippen LogP contribution < -0.4 is 0 Å². The van der Waals surface area contributed by atoms with Crippen molar-refractivity contribution in [2.75, 3.05) is 19.8 Å². The topological polar surface area (TPSA) is 55.8 Å². The first-order chi connectivity index (χ1) is 6.39. The maximum atomic E-state index is 10.9. The first-order valence-electron chi connectivity index (χ1n) is 4.81. The van der Waals surface area contributed by atoms with E-state index in [9.17, 15) is 4.79 Å². The monoisotopic (exact) mass is 220 g/mol. The van der Waals surface area contributed by atoms with Gasteiger partial charge in [-0.1, -0.05) is 19.6 Å². The molecule has 0 amide bonds. The summed E-state index contributed by atoms with van der Waals surface area (Å²) >= 11 is 0. The highest BCUT2D eigenvalue weighted by atomic mass is 28.3. The molecule has 84 valence electrons. The molecular weight excluding hydrogens is 200 g/mol. The van der Waals surface area contributed by atoms with Crippen molar-refractivity contribution in [3.63, 3.8) is 0 Å². The number of hydrogen-bond donors (Lipinski definition) is 1. The highest BCUT2D eigenvalue weighted by Crippen LogP contribution is 2.11. The molecule has 0 spiro atoms. The molecule has 0 rings (SSSR count). The third kappa shape index (κ3) is 5.36. The first kappa shape index (κ1) is 13.6. The Labute approximate surface area is 86.2 Å². The summed E-state index contributed by atoms with van der Waals surface area (Å²) in [6.07, 6.45) is 0. The molecule has 0 aromatic carbocycles. The van der Waals surface area contributed by atoms with E-state index in [1.807, 2.05) is 26.6 Å². The number of carboxylic acids is 1. The second-order valence-electron chi connectivity index (χ2n) is 4.15. The number of carbonyl (C=O) groups is 1. The Morgan fingerprint density at radius 3 is 2.29 bits per heavy atom. The Hall–Kier alpha value is -0.393. The Bertz CT molecular complexity index is 176. The summed E-state index contributed by atoms with van der Waals surface area (Å²) in [5.74, 6) is -0.860. The zero-order valence-corrected chi connectivity index (χ0v) is 10.4. The van der Waals surface area contributed by atoms with E-state index >= 15 is 0 Å². The van der Waals surface area contributed by atoms with Crippen LogP contribution in [0.4, 0.5) is 0 Å². The normalized spacial score (nSPS) is 14.0. The fourth-order valence-electron chi connectivity index (χ4n) is 1.06. The van der Waals surface area contributed by atoms with Crippen LogP contribution in [0.5, 0.6) is 0 Å². The molecule has 0 aliphatic carbocycles. The van der Waals surface area contributed by atoms with Crippen LogP contribution in [0.2, 0.25) is 19.6 Å². The minimum absolute atomic E-state index is 0.356. The van der Waals surface area contributed by atoms with E-state index in [0.29, 0.717) is 19.8 Å². The first-order valence-corrected chi connectivity index (χ1v) is 8.39. The third-order valence-corrected chi connectivity index (χ3v) is 3.71. The summed E-state index contributed by atoms with van der Waals surface area (Å²) in [4.78, 5) is 10.9. The second-order valence-corrected chi connectivity index (χ2v) is 9.41. The molecule has 0 aliphatic heterocycles. The van der Waals surface area contributed by atoms with Gasteiger partial charge in [-0.15, -0.1) is 0 Å². The van der Waals surface area contributed by atoms with Gasteiger partial charge in [0.25, 0.3) is 0 Å². The molecule has 0 saturated carbocycles. The Morgan fingerprint density at radius 1 is 1.36 bits per heavy atom. The standard InChI is InChI=1S/C9H20O4Si/c1-5-12-6-7-13-9(8(10)11)14(2,3)4/h9H,5-7H2,1-4H3,(H,10,11). The number of aliphatic carboxylic acids is 1. The molecule has 0 aromatic rings. The van der Waals surface area contributed by atoms with Crippen molar-refractivity contribution in [1.82, 2.24) is 0 Å². The van der Waals surface area contributed by atoms with Crippen molar-refractivity contribution in [1.29, 1.82) is 0 Å². The summed E-state index contributed by atoms with van der Waals surface area (Å²) in [5.41, 5.74) is -0.636. The molecule has 1 atom stereocenters. The van der Waals surface area contributed by atoms with Gasteiger partial charge >= 0.3 is 5.97 Å². The van der Waals surface area contributed by atoms with E-state index in [-0.39, 0.29) is 0 Å².